The van der Waals surface area contributed by atoms with Crippen molar-refractivity contribution in [3.8, 4) is 0 Å². The third-order valence-electron chi connectivity index (χ3n) is 3.66. The van der Waals surface area contributed by atoms with E-state index in [-0.39, 0.29) is 6.04 Å². The van der Waals surface area contributed by atoms with E-state index in [1.54, 1.807) is 0 Å². The maximum absolute atomic E-state index is 5.97. The first-order valence-corrected chi connectivity index (χ1v) is 6.76. The molecule has 2 nitrogen and oxygen atoms in total. The molecule has 0 saturated heterocycles. The first kappa shape index (κ1) is 11.2. The molecule has 1 fully saturated rings. The Morgan fingerprint density at radius 1 is 1.41 bits per heavy atom. The molecule has 1 aliphatic carbocycles. The number of pyridine rings is 1. The number of halogens is 1. The number of hydrogen-bond acceptors (Lipinski definition) is 2. The lowest BCUT2D eigenvalue weighted by molar-refractivity contribution is 0.632. The smallest absolute Gasteiger partial charge is 0.0748 e. The first-order chi connectivity index (χ1) is 8.18. The Hall–Kier alpha value is -0.930. The van der Waals surface area contributed by atoms with Gasteiger partial charge in [-0.2, -0.15) is 0 Å². The first-order valence-electron chi connectivity index (χ1n) is 5.97. The van der Waals surface area contributed by atoms with Crippen LogP contribution in [0.4, 0.5) is 0 Å². The molecule has 1 aromatic heterocycles. The molecule has 0 amide bonds. The summed E-state index contributed by atoms with van der Waals surface area (Å²) in [7, 11) is 0. The molecule has 2 aromatic rings. The van der Waals surface area contributed by atoms with Crippen LogP contribution in [-0.4, -0.2) is 11.0 Å². The summed E-state index contributed by atoms with van der Waals surface area (Å²) in [6.45, 7) is 2.10. The third-order valence-corrected chi connectivity index (χ3v) is 4.35. The monoisotopic (exact) mass is 290 g/mol. The van der Waals surface area contributed by atoms with Crippen LogP contribution in [0, 0.1) is 5.92 Å². The summed E-state index contributed by atoms with van der Waals surface area (Å²) in [5.74, 6) is 1.22. The summed E-state index contributed by atoms with van der Waals surface area (Å²) >= 11 is 3.58. The van der Waals surface area contributed by atoms with Crippen molar-refractivity contribution in [2.24, 2.45) is 11.7 Å². The van der Waals surface area contributed by atoms with Crippen molar-refractivity contribution in [1.29, 1.82) is 0 Å². The molecule has 1 aliphatic rings. The average molecular weight is 291 g/mol. The molecule has 0 aliphatic heterocycles. The minimum Gasteiger partial charge on any atom is -0.328 e. The standard InChI is InChI=1S/C14H15BrN2/c1-8(16)11-7-12(11)9-4-5-13(15)10-3-2-6-17-14(9)10/h2-6,8,11-12H,7,16H2,1H3. The van der Waals surface area contributed by atoms with Crippen molar-refractivity contribution < 1.29 is 0 Å². The molecular formula is C14H15BrN2. The highest BCUT2D eigenvalue weighted by molar-refractivity contribution is 9.10. The molecule has 17 heavy (non-hydrogen) atoms. The molecule has 3 rings (SSSR count). The van der Waals surface area contributed by atoms with Gasteiger partial charge in [0.2, 0.25) is 0 Å². The largest absolute Gasteiger partial charge is 0.328 e. The van der Waals surface area contributed by atoms with Crippen molar-refractivity contribution in [3.63, 3.8) is 0 Å². The third kappa shape index (κ3) is 1.87. The van der Waals surface area contributed by atoms with E-state index in [0.29, 0.717) is 11.8 Å². The summed E-state index contributed by atoms with van der Waals surface area (Å²) in [4.78, 5) is 4.53. The van der Waals surface area contributed by atoms with Gasteiger partial charge in [-0.3, -0.25) is 4.98 Å². The maximum atomic E-state index is 5.97. The second-order valence-corrected chi connectivity index (χ2v) is 5.76. The van der Waals surface area contributed by atoms with Crippen LogP contribution in [-0.2, 0) is 0 Å². The Bertz CT molecular complexity index is 565. The number of aromatic nitrogens is 1. The topological polar surface area (TPSA) is 38.9 Å². The van der Waals surface area contributed by atoms with Crippen molar-refractivity contribution in [2.75, 3.05) is 0 Å². The van der Waals surface area contributed by atoms with Crippen LogP contribution in [0.2, 0.25) is 0 Å². The highest BCUT2D eigenvalue weighted by Gasteiger charge is 2.41. The fourth-order valence-electron chi connectivity index (χ4n) is 2.61. The quantitative estimate of drug-likeness (QED) is 0.920. The number of rotatable bonds is 2. The van der Waals surface area contributed by atoms with Gasteiger partial charge in [-0.05, 0) is 42.9 Å². The predicted molar refractivity (Wildman–Crippen MR) is 73.9 cm³/mol. The van der Waals surface area contributed by atoms with Crippen LogP contribution in [0.15, 0.2) is 34.9 Å². The number of hydrogen-bond donors (Lipinski definition) is 1. The van der Waals surface area contributed by atoms with Crippen molar-refractivity contribution >= 4 is 26.8 Å². The average Bonchev–Trinajstić information content (AvgIpc) is 3.10. The zero-order chi connectivity index (χ0) is 12.0. The predicted octanol–water partition coefficient (Wildman–Crippen LogP) is 3.45. The fourth-order valence-corrected chi connectivity index (χ4v) is 3.06. The summed E-state index contributed by atoms with van der Waals surface area (Å²) < 4.78 is 1.11. The summed E-state index contributed by atoms with van der Waals surface area (Å²) in [5.41, 5.74) is 8.44. The summed E-state index contributed by atoms with van der Waals surface area (Å²) in [5, 5.41) is 1.19. The van der Waals surface area contributed by atoms with E-state index in [1.165, 1.54) is 17.4 Å². The minimum absolute atomic E-state index is 0.280. The molecule has 3 unspecified atom stereocenters. The summed E-state index contributed by atoms with van der Waals surface area (Å²) in [6, 6.07) is 8.68. The SMILES string of the molecule is CC(N)C1CC1c1ccc(Br)c2cccnc12. The van der Waals surface area contributed by atoms with Crippen LogP contribution in [0.5, 0.6) is 0 Å². The summed E-state index contributed by atoms with van der Waals surface area (Å²) in [6.07, 6.45) is 3.06. The zero-order valence-electron chi connectivity index (χ0n) is 9.73. The molecular weight excluding hydrogens is 276 g/mol. The van der Waals surface area contributed by atoms with E-state index in [2.05, 4.69) is 46.0 Å². The van der Waals surface area contributed by atoms with Gasteiger partial charge < -0.3 is 5.73 Å². The Morgan fingerprint density at radius 2 is 2.24 bits per heavy atom. The van der Waals surface area contributed by atoms with E-state index in [9.17, 15) is 0 Å². The molecule has 88 valence electrons. The lowest BCUT2D eigenvalue weighted by Crippen LogP contribution is -2.18. The lowest BCUT2D eigenvalue weighted by Gasteiger charge is -2.08. The Balaban J connectivity index is 2.10. The normalized spacial score (nSPS) is 24.9. The van der Waals surface area contributed by atoms with Gasteiger partial charge >= 0.3 is 0 Å². The molecule has 1 saturated carbocycles. The Kier molecular flexibility index (Phi) is 2.68. The molecule has 0 spiro atoms. The van der Waals surface area contributed by atoms with Gasteiger partial charge in [-0.1, -0.05) is 28.1 Å². The van der Waals surface area contributed by atoms with Gasteiger partial charge in [0.25, 0.3) is 0 Å². The van der Waals surface area contributed by atoms with Crippen LogP contribution in [0.1, 0.15) is 24.8 Å². The molecule has 3 heteroatoms. The number of fused-ring (bicyclic) bond motifs is 1. The van der Waals surface area contributed by atoms with E-state index in [0.717, 1.165) is 9.99 Å². The minimum atomic E-state index is 0.280. The van der Waals surface area contributed by atoms with Gasteiger partial charge in [0.1, 0.15) is 0 Å². The molecule has 1 aromatic carbocycles. The van der Waals surface area contributed by atoms with Gasteiger partial charge in [0, 0.05) is 22.1 Å². The van der Waals surface area contributed by atoms with Crippen LogP contribution >= 0.6 is 15.9 Å². The van der Waals surface area contributed by atoms with E-state index >= 15 is 0 Å². The lowest BCUT2D eigenvalue weighted by atomic mass is 10.0. The van der Waals surface area contributed by atoms with Crippen LogP contribution in [0.25, 0.3) is 10.9 Å². The van der Waals surface area contributed by atoms with E-state index in [1.807, 2.05) is 12.3 Å². The van der Waals surface area contributed by atoms with Crippen molar-refractivity contribution in [1.82, 2.24) is 4.98 Å². The van der Waals surface area contributed by atoms with E-state index in [4.69, 9.17) is 5.73 Å². The maximum Gasteiger partial charge on any atom is 0.0748 e. The number of nitrogens with two attached hydrogens (primary N) is 1. The highest BCUT2D eigenvalue weighted by atomic mass is 79.9. The molecule has 0 radical (unpaired) electrons. The number of nitrogens with zero attached hydrogens (tertiary/aromatic N) is 1. The van der Waals surface area contributed by atoms with Gasteiger partial charge in [0.05, 0.1) is 5.52 Å². The molecule has 1 heterocycles. The van der Waals surface area contributed by atoms with Crippen LogP contribution < -0.4 is 5.73 Å². The highest BCUT2D eigenvalue weighted by Crippen LogP contribution is 2.50. The second-order valence-electron chi connectivity index (χ2n) is 4.90. The van der Waals surface area contributed by atoms with Gasteiger partial charge in [-0.25, -0.2) is 0 Å². The molecule has 3 atom stereocenters. The second kappa shape index (κ2) is 4.07. The Labute approximate surface area is 109 Å². The van der Waals surface area contributed by atoms with Gasteiger partial charge in [-0.15, -0.1) is 0 Å². The van der Waals surface area contributed by atoms with Gasteiger partial charge in [0.15, 0.2) is 0 Å². The zero-order valence-corrected chi connectivity index (χ0v) is 11.3. The molecule has 0 bridgehead atoms. The van der Waals surface area contributed by atoms with Crippen molar-refractivity contribution in [2.45, 2.75) is 25.3 Å². The Morgan fingerprint density at radius 3 is 2.94 bits per heavy atom. The van der Waals surface area contributed by atoms with Crippen LogP contribution in [0.3, 0.4) is 0 Å². The van der Waals surface area contributed by atoms with E-state index < -0.39 is 0 Å². The molecule has 2 N–H and O–H groups in total. The fraction of sp³-hybridized carbons (Fsp3) is 0.357. The number of benzene rings is 1. The van der Waals surface area contributed by atoms with Crippen molar-refractivity contribution in [3.05, 3.63) is 40.5 Å².